The number of hydrogen-bond donors (Lipinski definition) is 1. The number of piperidine rings is 1. The van der Waals surface area contributed by atoms with Crippen LogP contribution in [0.25, 0.3) is 0 Å². The Morgan fingerprint density at radius 2 is 1.89 bits per heavy atom. The molecule has 1 heterocycles. The summed E-state index contributed by atoms with van der Waals surface area (Å²) < 4.78 is 0. The monoisotopic (exact) mass is 266 g/mol. The normalized spacial score (nSPS) is 19.9. The van der Waals surface area contributed by atoms with Crippen molar-refractivity contribution in [3.05, 3.63) is 34.9 Å². The largest absolute Gasteiger partial charge is 0.310 e. The van der Waals surface area contributed by atoms with E-state index in [0.29, 0.717) is 6.04 Å². The molecule has 3 heteroatoms. The molecule has 1 aromatic rings. The summed E-state index contributed by atoms with van der Waals surface area (Å²) in [6.07, 6.45) is 2.63. The van der Waals surface area contributed by atoms with Crippen molar-refractivity contribution < 1.29 is 0 Å². The maximum absolute atomic E-state index is 5.90. The van der Waals surface area contributed by atoms with Gasteiger partial charge in [0.25, 0.3) is 0 Å². The molecular weight excluding hydrogens is 244 g/mol. The van der Waals surface area contributed by atoms with E-state index in [0.717, 1.165) is 17.5 Å². The average Bonchev–Trinajstić information content (AvgIpc) is 2.38. The molecule has 1 aromatic carbocycles. The number of nitrogens with zero attached hydrogens (tertiary/aromatic N) is 1. The molecule has 1 fully saturated rings. The average molecular weight is 267 g/mol. The van der Waals surface area contributed by atoms with E-state index in [4.69, 9.17) is 11.6 Å². The maximum atomic E-state index is 5.90. The molecule has 0 aliphatic carbocycles. The molecule has 0 spiro atoms. The fourth-order valence-corrected chi connectivity index (χ4v) is 2.60. The number of nitrogens with one attached hydrogen (secondary N) is 1. The second-order valence-electron chi connectivity index (χ2n) is 5.43. The Kier molecular flexibility index (Phi) is 5.04. The van der Waals surface area contributed by atoms with E-state index in [-0.39, 0.29) is 0 Å². The molecule has 2 nitrogen and oxygen atoms in total. The summed E-state index contributed by atoms with van der Waals surface area (Å²) in [5, 5.41) is 4.45. The zero-order chi connectivity index (χ0) is 13.0. The predicted octanol–water partition coefficient (Wildman–Crippen LogP) is 3.33. The fraction of sp³-hybridized carbons (Fsp3) is 0.600. The summed E-state index contributed by atoms with van der Waals surface area (Å²) in [5.41, 5.74) is 1.31. The van der Waals surface area contributed by atoms with E-state index in [1.165, 1.54) is 31.5 Å². The molecule has 2 rings (SSSR count). The molecular formula is C15H23ClN2. The number of likely N-dealkylation sites (tertiary alicyclic amines) is 1. The first kappa shape index (κ1) is 13.9. The van der Waals surface area contributed by atoms with Crippen molar-refractivity contribution in [2.24, 2.45) is 5.92 Å². The van der Waals surface area contributed by atoms with Gasteiger partial charge in [0, 0.05) is 11.1 Å². The molecule has 1 unspecified atom stereocenters. The SMILES string of the molecule is CC(NCC1CCN(C)CC1)c1ccc(Cl)cc1. The fourth-order valence-electron chi connectivity index (χ4n) is 2.48. The lowest BCUT2D eigenvalue weighted by molar-refractivity contribution is 0.213. The summed E-state index contributed by atoms with van der Waals surface area (Å²) in [7, 11) is 2.21. The van der Waals surface area contributed by atoms with Crippen LogP contribution in [0.4, 0.5) is 0 Å². The standard InChI is InChI=1S/C15H23ClN2/c1-12(14-3-5-15(16)6-4-14)17-11-13-7-9-18(2)10-8-13/h3-6,12-13,17H,7-11H2,1-2H3. The highest BCUT2D eigenvalue weighted by atomic mass is 35.5. The van der Waals surface area contributed by atoms with E-state index in [1.807, 2.05) is 12.1 Å². The van der Waals surface area contributed by atoms with Crippen LogP contribution in [0.5, 0.6) is 0 Å². The van der Waals surface area contributed by atoms with Crippen molar-refractivity contribution in [3.63, 3.8) is 0 Å². The van der Waals surface area contributed by atoms with Crippen LogP contribution < -0.4 is 5.32 Å². The summed E-state index contributed by atoms with van der Waals surface area (Å²) >= 11 is 5.90. The van der Waals surface area contributed by atoms with Gasteiger partial charge in [-0.15, -0.1) is 0 Å². The quantitative estimate of drug-likeness (QED) is 0.899. The number of rotatable bonds is 4. The Morgan fingerprint density at radius 3 is 2.50 bits per heavy atom. The second kappa shape index (κ2) is 6.55. The lowest BCUT2D eigenvalue weighted by atomic mass is 9.96. The van der Waals surface area contributed by atoms with Gasteiger partial charge >= 0.3 is 0 Å². The van der Waals surface area contributed by atoms with Crippen LogP contribution in [-0.4, -0.2) is 31.6 Å². The predicted molar refractivity (Wildman–Crippen MR) is 78.1 cm³/mol. The van der Waals surface area contributed by atoms with Gasteiger partial charge in [0.1, 0.15) is 0 Å². The minimum atomic E-state index is 0.405. The van der Waals surface area contributed by atoms with Crippen molar-refractivity contribution in [2.45, 2.75) is 25.8 Å². The third-order valence-electron chi connectivity index (χ3n) is 3.92. The number of benzene rings is 1. The van der Waals surface area contributed by atoms with Crippen LogP contribution in [0, 0.1) is 5.92 Å². The molecule has 1 atom stereocenters. The maximum Gasteiger partial charge on any atom is 0.0406 e. The van der Waals surface area contributed by atoms with Crippen LogP contribution >= 0.6 is 11.6 Å². The summed E-state index contributed by atoms with van der Waals surface area (Å²) in [6.45, 7) is 5.82. The Balaban J connectivity index is 1.77. The summed E-state index contributed by atoms with van der Waals surface area (Å²) in [5.74, 6) is 0.830. The topological polar surface area (TPSA) is 15.3 Å². The van der Waals surface area contributed by atoms with E-state index < -0.39 is 0 Å². The second-order valence-corrected chi connectivity index (χ2v) is 5.86. The lowest BCUT2D eigenvalue weighted by Gasteiger charge is -2.30. The molecule has 1 aliphatic heterocycles. The number of halogens is 1. The van der Waals surface area contributed by atoms with Gasteiger partial charge in [-0.2, -0.15) is 0 Å². The Bertz CT molecular complexity index is 355. The van der Waals surface area contributed by atoms with E-state index in [9.17, 15) is 0 Å². The summed E-state index contributed by atoms with van der Waals surface area (Å²) in [4.78, 5) is 2.42. The summed E-state index contributed by atoms with van der Waals surface area (Å²) in [6, 6.07) is 8.54. The molecule has 18 heavy (non-hydrogen) atoms. The minimum absolute atomic E-state index is 0.405. The van der Waals surface area contributed by atoms with Crippen molar-refractivity contribution in [2.75, 3.05) is 26.7 Å². The van der Waals surface area contributed by atoms with Crippen LogP contribution in [0.15, 0.2) is 24.3 Å². The Labute approximate surface area is 115 Å². The molecule has 1 aliphatic rings. The Morgan fingerprint density at radius 1 is 1.28 bits per heavy atom. The van der Waals surface area contributed by atoms with Gasteiger partial charge in [0.15, 0.2) is 0 Å². The van der Waals surface area contributed by atoms with Crippen LogP contribution in [0.3, 0.4) is 0 Å². The highest BCUT2D eigenvalue weighted by Crippen LogP contribution is 2.19. The Hall–Kier alpha value is -0.570. The molecule has 0 amide bonds. The van der Waals surface area contributed by atoms with Crippen LogP contribution in [0.1, 0.15) is 31.4 Å². The first-order valence-corrected chi connectivity index (χ1v) is 7.20. The first-order chi connectivity index (χ1) is 8.65. The van der Waals surface area contributed by atoms with Crippen molar-refractivity contribution in [3.8, 4) is 0 Å². The third kappa shape index (κ3) is 3.98. The molecule has 100 valence electrons. The minimum Gasteiger partial charge on any atom is -0.310 e. The van der Waals surface area contributed by atoms with Gasteiger partial charge in [-0.05, 0) is 70.1 Å². The van der Waals surface area contributed by atoms with Gasteiger partial charge in [-0.3, -0.25) is 0 Å². The zero-order valence-electron chi connectivity index (χ0n) is 11.3. The molecule has 1 saturated heterocycles. The highest BCUT2D eigenvalue weighted by molar-refractivity contribution is 6.30. The number of hydrogen-bond acceptors (Lipinski definition) is 2. The molecule has 0 aromatic heterocycles. The molecule has 0 bridgehead atoms. The lowest BCUT2D eigenvalue weighted by Crippen LogP contribution is -2.35. The smallest absolute Gasteiger partial charge is 0.0406 e. The highest BCUT2D eigenvalue weighted by Gasteiger charge is 2.17. The van der Waals surface area contributed by atoms with E-state index in [1.54, 1.807) is 0 Å². The van der Waals surface area contributed by atoms with Crippen LogP contribution in [-0.2, 0) is 0 Å². The van der Waals surface area contributed by atoms with Crippen molar-refractivity contribution in [1.29, 1.82) is 0 Å². The van der Waals surface area contributed by atoms with Gasteiger partial charge in [-0.25, -0.2) is 0 Å². The zero-order valence-corrected chi connectivity index (χ0v) is 12.1. The van der Waals surface area contributed by atoms with Crippen LogP contribution in [0.2, 0.25) is 5.02 Å². The first-order valence-electron chi connectivity index (χ1n) is 6.82. The third-order valence-corrected chi connectivity index (χ3v) is 4.17. The van der Waals surface area contributed by atoms with Gasteiger partial charge in [-0.1, -0.05) is 23.7 Å². The van der Waals surface area contributed by atoms with E-state index in [2.05, 4.69) is 36.3 Å². The molecule has 1 N–H and O–H groups in total. The van der Waals surface area contributed by atoms with E-state index >= 15 is 0 Å². The van der Waals surface area contributed by atoms with Crippen molar-refractivity contribution >= 4 is 11.6 Å². The molecule has 0 saturated carbocycles. The van der Waals surface area contributed by atoms with Gasteiger partial charge in [0.05, 0.1) is 0 Å². The van der Waals surface area contributed by atoms with Gasteiger partial charge < -0.3 is 10.2 Å². The van der Waals surface area contributed by atoms with Crippen molar-refractivity contribution in [1.82, 2.24) is 10.2 Å². The molecule has 0 radical (unpaired) electrons. The van der Waals surface area contributed by atoms with Gasteiger partial charge in [0.2, 0.25) is 0 Å².